The average Bonchev–Trinajstić information content (AvgIpc) is 2.61. The van der Waals surface area contributed by atoms with Crippen LogP contribution in [0.3, 0.4) is 0 Å². The second-order valence-corrected chi connectivity index (χ2v) is 5.75. The molecule has 0 aromatic heterocycles. The fourth-order valence-electron chi connectivity index (χ4n) is 2.64. The van der Waals surface area contributed by atoms with E-state index in [0.717, 1.165) is 11.3 Å². The van der Waals surface area contributed by atoms with Gasteiger partial charge in [0.25, 0.3) is 0 Å². The van der Waals surface area contributed by atoms with Gasteiger partial charge in [0.1, 0.15) is 12.4 Å². The highest BCUT2D eigenvalue weighted by molar-refractivity contribution is 5.78. The van der Waals surface area contributed by atoms with Crippen molar-refractivity contribution in [3.63, 3.8) is 0 Å². The van der Waals surface area contributed by atoms with E-state index in [1.165, 1.54) is 7.11 Å². The highest BCUT2D eigenvalue weighted by Crippen LogP contribution is 2.11. The number of carbonyl (C=O) groups excluding carboxylic acids is 2. The van der Waals surface area contributed by atoms with Crippen LogP contribution in [0, 0.1) is 0 Å². The molecule has 1 aromatic rings. The summed E-state index contributed by atoms with van der Waals surface area (Å²) in [7, 11) is 3.12. The first-order chi connectivity index (χ1) is 11.6. The van der Waals surface area contributed by atoms with E-state index in [1.54, 1.807) is 12.0 Å². The van der Waals surface area contributed by atoms with Gasteiger partial charge in [-0.25, -0.2) is 0 Å². The standard InChI is InChI=1S/C17H25N3O4/c1-23-12-17(22)20-8-7-18-14(11-20)9-16(21)19-10-13-3-5-15(24-2)6-4-13/h3-6,14,18H,7-12H2,1-2H3,(H,19,21). The van der Waals surface area contributed by atoms with Crippen LogP contribution in [-0.2, 0) is 20.9 Å². The first-order valence-electron chi connectivity index (χ1n) is 8.02. The summed E-state index contributed by atoms with van der Waals surface area (Å²) in [5.74, 6) is 0.712. The molecule has 1 aromatic carbocycles. The molecule has 0 radical (unpaired) electrons. The Balaban J connectivity index is 1.75. The molecule has 0 saturated carbocycles. The number of hydrogen-bond donors (Lipinski definition) is 2. The van der Waals surface area contributed by atoms with Gasteiger partial charge < -0.3 is 25.0 Å². The summed E-state index contributed by atoms with van der Waals surface area (Å²) in [6.45, 7) is 2.41. The van der Waals surface area contributed by atoms with Crippen LogP contribution in [0.2, 0.25) is 0 Å². The van der Waals surface area contributed by atoms with Crippen LogP contribution >= 0.6 is 0 Å². The minimum absolute atomic E-state index is 0.0320. The summed E-state index contributed by atoms with van der Waals surface area (Å²) in [6.07, 6.45) is 0.340. The molecular formula is C17H25N3O4. The molecule has 7 nitrogen and oxygen atoms in total. The van der Waals surface area contributed by atoms with Crippen molar-refractivity contribution in [3.8, 4) is 5.75 Å². The number of piperazine rings is 1. The molecule has 1 aliphatic heterocycles. The Hall–Kier alpha value is -2.12. The Kier molecular flexibility index (Phi) is 7.02. The highest BCUT2D eigenvalue weighted by atomic mass is 16.5. The van der Waals surface area contributed by atoms with Gasteiger partial charge in [0, 0.05) is 45.8 Å². The molecule has 0 bridgehead atoms. The van der Waals surface area contributed by atoms with Crippen molar-refractivity contribution in [2.75, 3.05) is 40.5 Å². The van der Waals surface area contributed by atoms with E-state index in [2.05, 4.69) is 10.6 Å². The second kappa shape index (κ2) is 9.24. The minimum atomic E-state index is -0.0392. The first kappa shape index (κ1) is 18.2. The maximum absolute atomic E-state index is 12.1. The van der Waals surface area contributed by atoms with Crippen LogP contribution < -0.4 is 15.4 Å². The number of amides is 2. The lowest BCUT2D eigenvalue weighted by atomic mass is 10.1. The zero-order valence-electron chi connectivity index (χ0n) is 14.2. The Labute approximate surface area is 142 Å². The van der Waals surface area contributed by atoms with E-state index in [-0.39, 0.29) is 24.5 Å². The van der Waals surface area contributed by atoms with Gasteiger partial charge in [0.15, 0.2) is 0 Å². The second-order valence-electron chi connectivity index (χ2n) is 5.75. The third-order valence-electron chi connectivity index (χ3n) is 3.96. The molecule has 132 valence electrons. The van der Waals surface area contributed by atoms with Crippen LogP contribution in [-0.4, -0.2) is 63.2 Å². The molecule has 7 heteroatoms. The van der Waals surface area contributed by atoms with Gasteiger partial charge in [-0.15, -0.1) is 0 Å². The number of hydrogen-bond acceptors (Lipinski definition) is 5. The molecule has 1 fully saturated rings. The quantitative estimate of drug-likeness (QED) is 0.741. The van der Waals surface area contributed by atoms with E-state index in [9.17, 15) is 9.59 Å². The van der Waals surface area contributed by atoms with E-state index in [0.29, 0.717) is 32.6 Å². The zero-order chi connectivity index (χ0) is 17.4. The van der Waals surface area contributed by atoms with Gasteiger partial charge in [-0.1, -0.05) is 12.1 Å². The normalized spacial score (nSPS) is 17.4. The first-order valence-corrected chi connectivity index (χ1v) is 8.02. The molecule has 1 saturated heterocycles. The van der Waals surface area contributed by atoms with Gasteiger partial charge in [-0.05, 0) is 17.7 Å². The van der Waals surface area contributed by atoms with Crippen molar-refractivity contribution < 1.29 is 19.1 Å². The number of nitrogens with one attached hydrogen (secondary N) is 2. The summed E-state index contributed by atoms with van der Waals surface area (Å²) >= 11 is 0. The topological polar surface area (TPSA) is 79.9 Å². The Morgan fingerprint density at radius 2 is 2.04 bits per heavy atom. The van der Waals surface area contributed by atoms with E-state index >= 15 is 0 Å². The maximum Gasteiger partial charge on any atom is 0.248 e. The van der Waals surface area contributed by atoms with Crippen molar-refractivity contribution in [2.24, 2.45) is 0 Å². The van der Waals surface area contributed by atoms with E-state index < -0.39 is 0 Å². The van der Waals surface area contributed by atoms with Crippen LogP contribution in [0.5, 0.6) is 5.75 Å². The van der Waals surface area contributed by atoms with Crippen LogP contribution in [0.1, 0.15) is 12.0 Å². The number of nitrogens with zero attached hydrogens (tertiary/aromatic N) is 1. The zero-order valence-corrected chi connectivity index (χ0v) is 14.2. The van der Waals surface area contributed by atoms with Gasteiger partial charge in [0.05, 0.1) is 7.11 Å². The largest absolute Gasteiger partial charge is 0.497 e. The lowest BCUT2D eigenvalue weighted by Gasteiger charge is -2.33. The average molecular weight is 335 g/mol. The minimum Gasteiger partial charge on any atom is -0.497 e. The van der Waals surface area contributed by atoms with E-state index in [4.69, 9.17) is 9.47 Å². The fraction of sp³-hybridized carbons (Fsp3) is 0.529. The number of ether oxygens (including phenoxy) is 2. The van der Waals surface area contributed by atoms with Crippen molar-refractivity contribution >= 4 is 11.8 Å². The number of rotatable bonds is 7. The molecule has 1 heterocycles. The summed E-state index contributed by atoms with van der Waals surface area (Å²) in [5.41, 5.74) is 1.01. The smallest absolute Gasteiger partial charge is 0.248 e. The lowest BCUT2D eigenvalue weighted by molar-refractivity contribution is -0.137. The monoisotopic (exact) mass is 335 g/mol. The third kappa shape index (κ3) is 5.50. The van der Waals surface area contributed by atoms with Crippen LogP contribution in [0.25, 0.3) is 0 Å². The molecule has 1 unspecified atom stereocenters. The van der Waals surface area contributed by atoms with Crippen LogP contribution in [0.15, 0.2) is 24.3 Å². The van der Waals surface area contributed by atoms with Crippen molar-refractivity contribution in [1.82, 2.24) is 15.5 Å². The van der Waals surface area contributed by atoms with Gasteiger partial charge >= 0.3 is 0 Å². The highest BCUT2D eigenvalue weighted by Gasteiger charge is 2.24. The van der Waals surface area contributed by atoms with Gasteiger partial charge in [-0.2, -0.15) is 0 Å². The Morgan fingerprint density at radius 3 is 2.71 bits per heavy atom. The van der Waals surface area contributed by atoms with Crippen LogP contribution in [0.4, 0.5) is 0 Å². The fourth-order valence-corrected chi connectivity index (χ4v) is 2.64. The molecule has 2 amide bonds. The Bertz CT molecular complexity index is 547. The van der Waals surface area contributed by atoms with Crippen molar-refractivity contribution in [3.05, 3.63) is 29.8 Å². The van der Waals surface area contributed by atoms with Gasteiger partial charge in [0.2, 0.25) is 11.8 Å². The predicted octanol–water partition coefficient (Wildman–Crippen LogP) is 0.148. The lowest BCUT2D eigenvalue weighted by Crippen LogP contribution is -2.54. The molecule has 1 atom stereocenters. The number of methoxy groups -OCH3 is 2. The molecule has 2 N–H and O–H groups in total. The molecule has 24 heavy (non-hydrogen) atoms. The number of benzene rings is 1. The Morgan fingerprint density at radius 1 is 1.29 bits per heavy atom. The molecule has 1 aliphatic rings. The van der Waals surface area contributed by atoms with E-state index in [1.807, 2.05) is 24.3 Å². The van der Waals surface area contributed by atoms with Crippen molar-refractivity contribution in [1.29, 1.82) is 0 Å². The molecule has 2 rings (SSSR count). The molecular weight excluding hydrogens is 310 g/mol. The number of carbonyl (C=O) groups is 2. The van der Waals surface area contributed by atoms with Crippen molar-refractivity contribution in [2.45, 2.75) is 19.0 Å². The summed E-state index contributed by atoms with van der Waals surface area (Å²) in [6, 6.07) is 7.54. The third-order valence-corrected chi connectivity index (χ3v) is 3.96. The summed E-state index contributed by atoms with van der Waals surface area (Å²) < 4.78 is 9.98. The van der Waals surface area contributed by atoms with Gasteiger partial charge in [-0.3, -0.25) is 9.59 Å². The predicted molar refractivity (Wildman–Crippen MR) is 89.7 cm³/mol. The molecule has 0 spiro atoms. The SMILES string of the molecule is COCC(=O)N1CCNC(CC(=O)NCc2ccc(OC)cc2)C1. The maximum atomic E-state index is 12.1. The summed E-state index contributed by atoms with van der Waals surface area (Å²) in [4.78, 5) is 25.7. The molecule has 0 aliphatic carbocycles. The summed E-state index contributed by atoms with van der Waals surface area (Å²) in [5, 5.41) is 6.18.